The third-order valence-corrected chi connectivity index (χ3v) is 1.14. The van der Waals surface area contributed by atoms with Crippen LogP contribution >= 0.6 is 0 Å². The van der Waals surface area contributed by atoms with Crippen molar-refractivity contribution < 1.29 is 28.5 Å². The summed E-state index contributed by atoms with van der Waals surface area (Å²) in [6, 6.07) is 0. The highest BCUT2D eigenvalue weighted by Gasteiger charge is 1.98. The Morgan fingerprint density at radius 2 is 1.11 bits per heavy atom. The molecule has 0 aromatic carbocycles. The molecule has 0 aliphatic heterocycles. The van der Waals surface area contributed by atoms with E-state index in [1.165, 1.54) is 18.2 Å². The second-order valence-electron chi connectivity index (χ2n) is 2.58. The fourth-order valence-electron chi connectivity index (χ4n) is 0.525. The molecule has 106 valence electrons. The minimum atomic E-state index is -0.759. The number of rotatable bonds is 7. The molecule has 0 rings (SSSR count). The van der Waals surface area contributed by atoms with E-state index in [0.29, 0.717) is 0 Å². The van der Waals surface area contributed by atoms with Crippen molar-refractivity contribution in [2.75, 3.05) is 19.8 Å². The molecule has 0 aliphatic carbocycles. The van der Waals surface area contributed by atoms with Gasteiger partial charge < -0.3 is 18.9 Å². The van der Waals surface area contributed by atoms with Gasteiger partial charge in [-0.25, -0.2) is 9.59 Å². The highest BCUT2D eigenvalue weighted by Crippen LogP contribution is 1.85. The van der Waals surface area contributed by atoms with Crippen LogP contribution in [0.15, 0.2) is 50.8 Å². The van der Waals surface area contributed by atoms with E-state index in [2.05, 4.69) is 45.3 Å². The van der Waals surface area contributed by atoms with E-state index in [1.54, 1.807) is 0 Å². The van der Waals surface area contributed by atoms with Gasteiger partial charge in [-0.1, -0.05) is 44.5 Å². The van der Waals surface area contributed by atoms with Crippen LogP contribution in [0.5, 0.6) is 0 Å². The van der Waals surface area contributed by atoms with Gasteiger partial charge in [0.05, 0.1) is 6.26 Å². The summed E-state index contributed by atoms with van der Waals surface area (Å²) in [6.45, 7) is 13.7. The molecule has 0 fully saturated rings. The maximum Gasteiger partial charge on any atom is 0.513 e. The average molecular weight is 270 g/mol. The van der Waals surface area contributed by atoms with Crippen LogP contribution in [0.3, 0.4) is 0 Å². The summed E-state index contributed by atoms with van der Waals surface area (Å²) in [5, 5.41) is 0. The summed E-state index contributed by atoms with van der Waals surface area (Å²) in [5.74, 6) is 0. The van der Waals surface area contributed by atoms with Gasteiger partial charge >= 0.3 is 12.3 Å². The summed E-state index contributed by atoms with van der Waals surface area (Å²) in [7, 11) is 0. The average Bonchev–Trinajstić information content (AvgIpc) is 2.41. The SMILES string of the molecule is C=CCOC(=O)OC=C.C=CCOC(=O)OCC=C. The second-order valence-corrected chi connectivity index (χ2v) is 2.58. The maximum atomic E-state index is 10.4. The number of hydrogen-bond acceptors (Lipinski definition) is 6. The highest BCUT2D eigenvalue weighted by atomic mass is 16.7. The van der Waals surface area contributed by atoms with Crippen molar-refractivity contribution >= 4 is 12.3 Å². The molecule has 0 aliphatic rings. The highest BCUT2D eigenvalue weighted by molar-refractivity contribution is 5.60. The molecule has 0 unspecified atom stereocenters. The Morgan fingerprint density at radius 3 is 1.42 bits per heavy atom. The molecule has 0 N–H and O–H groups in total. The normalized spacial score (nSPS) is 7.79. The third kappa shape index (κ3) is 18.1. The van der Waals surface area contributed by atoms with E-state index in [1.807, 2.05) is 0 Å². The molecular formula is C13H18O6. The molecule has 0 heterocycles. The van der Waals surface area contributed by atoms with E-state index in [9.17, 15) is 9.59 Å². The Bertz CT molecular complexity index is 294. The van der Waals surface area contributed by atoms with Crippen LogP contribution < -0.4 is 0 Å². The van der Waals surface area contributed by atoms with Crippen molar-refractivity contribution in [1.29, 1.82) is 0 Å². The fraction of sp³-hybridized carbons (Fsp3) is 0.231. The van der Waals surface area contributed by atoms with Crippen LogP contribution in [0.2, 0.25) is 0 Å². The maximum absolute atomic E-state index is 10.4. The lowest BCUT2D eigenvalue weighted by Crippen LogP contribution is -2.06. The van der Waals surface area contributed by atoms with E-state index in [0.717, 1.165) is 6.26 Å². The van der Waals surface area contributed by atoms with Gasteiger partial charge in [0.1, 0.15) is 19.8 Å². The lowest BCUT2D eigenvalue weighted by Gasteiger charge is -1.99. The van der Waals surface area contributed by atoms with Crippen molar-refractivity contribution in [2.24, 2.45) is 0 Å². The number of hydrogen-bond donors (Lipinski definition) is 0. The minimum absolute atomic E-state index is 0.159. The first-order valence-electron chi connectivity index (χ1n) is 5.18. The molecule has 0 atom stereocenters. The molecule has 0 aromatic heterocycles. The zero-order valence-corrected chi connectivity index (χ0v) is 10.7. The second kappa shape index (κ2) is 15.5. The molecule has 19 heavy (non-hydrogen) atoms. The van der Waals surface area contributed by atoms with Crippen LogP contribution in [0, 0.1) is 0 Å². The van der Waals surface area contributed by atoms with E-state index in [-0.39, 0.29) is 19.8 Å². The first-order chi connectivity index (χ1) is 9.12. The fourth-order valence-corrected chi connectivity index (χ4v) is 0.525. The van der Waals surface area contributed by atoms with Gasteiger partial charge in [-0.2, -0.15) is 0 Å². The molecule has 0 aromatic rings. The lowest BCUT2D eigenvalue weighted by molar-refractivity contribution is 0.0718. The Labute approximate surface area is 112 Å². The van der Waals surface area contributed by atoms with Crippen LogP contribution in [0.1, 0.15) is 0 Å². The number of carbonyl (C=O) groups is 2. The summed E-state index contributed by atoms with van der Waals surface area (Å²) in [5.41, 5.74) is 0. The van der Waals surface area contributed by atoms with E-state index in [4.69, 9.17) is 0 Å². The number of carbonyl (C=O) groups excluding carboxylic acids is 2. The summed E-state index contributed by atoms with van der Waals surface area (Å²) in [4.78, 5) is 20.7. The van der Waals surface area contributed by atoms with Crippen LogP contribution in [0.25, 0.3) is 0 Å². The molecule has 6 heteroatoms. The topological polar surface area (TPSA) is 71.1 Å². The number of ether oxygens (including phenoxy) is 4. The van der Waals surface area contributed by atoms with Crippen molar-refractivity contribution in [1.82, 2.24) is 0 Å². The summed E-state index contributed by atoms with van der Waals surface area (Å²) >= 11 is 0. The predicted molar refractivity (Wildman–Crippen MR) is 70.5 cm³/mol. The molecule has 0 spiro atoms. The largest absolute Gasteiger partial charge is 0.513 e. The molecule has 0 amide bonds. The lowest BCUT2D eigenvalue weighted by atomic mass is 10.7. The van der Waals surface area contributed by atoms with Crippen LogP contribution in [-0.4, -0.2) is 32.1 Å². The summed E-state index contributed by atoms with van der Waals surface area (Å²) < 4.78 is 17.5. The Kier molecular flexibility index (Phi) is 15.4. The van der Waals surface area contributed by atoms with Gasteiger partial charge in [0.15, 0.2) is 0 Å². The van der Waals surface area contributed by atoms with E-state index < -0.39 is 12.3 Å². The van der Waals surface area contributed by atoms with Crippen LogP contribution in [0.4, 0.5) is 9.59 Å². The van der Waals surface area contributed by atoms with Crippen molar-refractivity contribution in [3.63, 3.8) is 0 Å². The standard InChI is InChI=1S/C7H10O3.C6H8O3/c1-3-5-9-7(8)10-6-4-2;1-3-5-9-6(7)8-4-2/h3-4H,1-2,5-6H2;3-4H,1-2,5H2. The van der Waals surface area contributed by atoms with Gasteiger partial charge in [-0.3, -0.25) is 0 Å². The monoisotopic (exact) mass is 270 g/mol. The minimum Gasteiger partial charge on any atom is -0.430 e. The van der Waals surface area contributed by atoms with Crippen molar-refractivity contribution in [3.05, 3.63) is 50.8 Å². The molecule has 0 saturated heterocycles. The van der Waals surface area contributed by atoms with Gasteiger partial charge in [0.25, 0.3) is 0 Å². The van der Waals surface area contributed by atoms with Crippen molar-refractivity contribution in [2.45, 2.75) is 0 Å². The van der Waals surface area contributed by atoms with Crippen molar-refractivity contribution in [3.8, 4) is 0 Å². The molecule has 0 saturated carbocycles. The zero-order chi connectivity index (χ0) is 14.9. The molecule has 0 bridgehead atoms. The van der Waals surface area contributed by atoms with Gasteiger partial charge in [-0.15, -0.1) is 0 Å². The first kappa shape index (κ1) is 18.9. The quantitative estimate of drug-likeness (QED) is 0.402. The van der Waals surface area contributed by atoms with Crippen LogP contribution in [-0.2, 0) is 18.9 Å². The molecule has 6 nitrogen and oxygen atoms in total. The Hall–Kier alpha value is -2.50. The Balaban J connectivity index is 0. The van der Waals surface area contributed by atoms with E-state index >= 15 is 0 Å². The molecular weight excluding hydrogens is 252 g/mol. The molecule has 0 radical (unpaired) electrons. The Morgan fingerprint density at radius 1 is 0.737 bits per heavy atom. The predicted octanol–water partition coefficient (Wildman–Crippen LogP) is 2.98. The zero-order valence-electron chi connectivity index (χ0n) is 10.7. The van der Waals surface area contributed by atoms with Gasteiger partial charge in [0, 0.05) is 0 Å². The van der Waals surface area contributed by atoms with Gasteiger partial charge in [0.2, 0.25) is 0 Å². The van der Waals surface area contributed by atoms with Gasteiger partial charge in [-0.05, 0) is 0 Å². The summed E-state index contributed by atoms with van der Waals surface area (Å²) in [6.07, 6.45) is 3.94. The third-order valence-electron chi connectivity index (χ3n) is 1.14. The first-order valence-corrected chi connectivity index (χ1v) is 5.18. The smallest absolute Gasteiger partial charge is 0.430 e.